The van der Waals surface area contributed by atoms with E-state index in [9.17, 15) is 9.18 Å². The lowest BCUT2D eigenvalue weighted by Gasteiger charge is -2.31. The van der Waals surface area contributed by atoms with Gasteiger partial charge in [-0.15, -0.1) is 0 Å². The quantitative estimate of drug-likeness (QED) is 0.819. The highest BCUT2D eigenvalue weighted by Crippen LogP contribution is 2.47. The number of fused-ring (bicyclic) bond motifs is 2. The van der Waals surface area contributed by atoms with Gasteiger partial charge < -0.3 is 15.2 Å². The topological polar surface area (TPSA) is 74.4 Å². The molecule has 1 atom stereocenters. The molecule has 0 fully saturated rings. The van der Waals surface area contributed by atoms with Gasteiger partial charge in [-0.2, -0.15) is 0 Å². The Morgan fingerprint density at radius 1 is 1.33 bits per heavy atom. The second-order valence-corrected chi connectivity index (χ2v) is 6.93. The predicted octanol–water partition coefficient (Wildman–Crippen LogP) is 3.65. The molecule has 2 N–H and O–H groups in total. The number of hydrogen-bond acceptors (Lipinski definition) is 5. The van der Waals surface area contributed by atoms with Crippen molar-refractivity contribution in [1.82, 2.24) is 4.98 Å². The number of hydrogen-bond donors (Lipinski definition) is 1. The fourth-order valence-electron chi connectivity index (χ4n) is 4.06. The highest BCUT2D eigenvalue weighted by Gasteiger charge is 2.38. The van der Waals surface area contributed by atoms with Crippen LogP contribution < -0.4 is 10.5 Å². The van der Waals surface area contributed by atoms with Crippen molar-refractivity contribution in [1.29, 1.82) is 0 Å². The minimum Gasteiger partial charge on any atom is -0.466 e. The van der Waals surface area contributed by atoms with Crippen molar-refractivity contribution in [3.8, 4) is 5.88 Å². The summed E-state index contributed by atoms with van der Waals surface area (Å²) < 4.78 is 24.8. The van der Waals surface area contributed by atoms with E-state index >= 15 is 0 Å². The van der Waals surface area contributed by atoms with E-state index in [0.717, 1.165) is 36.9 Å². The molecule has 0 amide bonds. The maximum Gasteiger partial charge on any atom is 0.338 e. The predicted molar refractivity (Wildman–Crippen MR) is 98.9 cm³/mol. The average molecular weight is 368 g/mol. The summed E-state index contributed by atoms with van der Waals surface area (Å²) in [7, 11) is 1.31. The molecule has 140 valence electrons. The second-order valence-electron chi connectivity index (χ2n) is 6.93. The lowest BCUT2D eigenvalue weighted by molar-refractivity contribution is -0.136. The third-order valence-electron chi connectivity index (χ3n) is 5.31. The van der Waals surface area contributed by atoms with E-state index in [4.69, 9.17) is 20.2 Å². The number of ether oxygens (including phenoxy) is 2. The molecule has 27 heavy (non-hydrogen) atoms. The maximum absolute atomic E-state index is 14.0. The molecule has 1 aromatic heterocycles. The fourth-order valence-corrected chi connectivity index (χ4v) is 4.06. The number of nitrogens with two attached hydrogens (primary N) is 1. The Bertz CT molecular complexity index is 968. The molecule has 0 saturated carbocycles. The molecule has 6 heteroatoms. The van der Waals surface area contributed by atoms with Crippen LogP contribution in [0.1, 0.15) is 48.1 Å². The van der Waals surface area contributed by atoms with Gasteiger partial charge in [-0.3, -0.25) is 0 Å². The van der Waals surface area contributed by atoms with Crippen LogP contribution in [0.5, 0.6) is 5.88 Å². The molecule has 0 radical (unpaired) electrons. The molecule has 2 heterocycles. The van der Waals surface area contributed by atoms with Gasteiger partial charge in [-0.25, -0.2) is 14.2 Å². The number of carbonyl (C=O) groups is 1. The van der Waals surface area contributed by atoms with Crippen molar-refractivity contribution in [2.45, 2.75) is 38.5 Å². The summed E-state index contributed by atoms with van der Waals surface area (Å²) in [6.45, 7) is 1.69. The smallest absolute Gasteiger partial charge is 0.338 e. The standard InChI is InChI=1S/C21H21FN2O3/c1-11-16(21(25)26-2)17(12-6-5-7-13(22)10-12)18-19(23)14-8-3-4-9-15(14)24-20(18)27-11/h5-7,10,17H,3-4,8-9H2,1-2H3,(H2,23,24). The lowest BCUT2D eigenvalue weighted by Crippen LogP contribution is -2.26. The number of rotatable bonds is 2. The highest BCUT2D eigenvalue weighted by molar-refractivity contribution is 5.93. The van der Waals surface area contributed by atoms with Crippen LogP contribution in [0, 0.1) is 5.82 Å². The number of aromatic nitrogens is 1. The molecular weight excluding hydrogens is 347 g/mol. The fraction of sp³-hybridized carbons (Fsp3) is 0.333. The van der Waals surface area contributed by atoms with E-state index < -0.39 is 11.9 Å². The Kier molecular flexibility index (Phi) is 4.34. The van der Waals surface area contributed by atoms with Gasteiger partial charge in [0.15, 0.2) is 0 Å². The Morgan fingerprint density at radius 2 is 2.11 bits per heavy atom. The monoisotopic (exact) mass is 368 g/mol. The summed E-state index contributed by atoms with van der Waals surface area (Å²) in [5.41, 5.74) is 10.6. The number of nitrogen functional groups attached to an aromatic ring is 1. The van der Waals surface area contributed by atoms with Gasteiger partial charge in [0.1, 0.15) is 11.6 Å². The van der Waals surface area contributed by atoms with Gasteiger partial charge in [-0.1, -0.05) is 12.1 Å². The number of anilines is 1. The van der Waals surface area contributed by atoms with Crippen LogP contribution in [0.25, 0.3) is 0 Å². The van der Waals surface area contributed by atoms with E-state index in [-0.39, 0.29) is 5.82 Å². The Labute approximate surface area is 157 Å². The van der Waals surface area contributed by atoms with Crippen LogP contribution >= 0.6 is 0 Å². The Morgan fingerprint density at radius 3 is 2.85 bits per heavy atom. The van der Waals surface area contributed by atoms with Crippen molar-refractivity contribution in [3.05, 3.63) is 63.8 Å². The van der Waals surface area contributed by atoms with E-state index in [1.807, 2.05) is 0 Å². The molecule has 0 spiro atoms. The van der Waals surface area contributed by atoms with Crippen molar-refractivity contribution >= 4 is 11.7 Å². The molecule has 1 aliphatic heterocycles. The number of pyridine rings is 1. The summed E-state index contributed by atoms with van der Waals surface area (Å²) >= 11 is 0. The van der Waals surface area contributed by atoms with Gasteiger partial charge in [-0.05, 0) is 55.9 Å². The number of aryl methyl sites for hydroxylation is 1. The summed E-state index contributed by atoms with van der Waals surface area (Å²) in [4.78, 5) is 17.2. The molecule has 2 aromatic rings. The average Bonchev–Trinajstić information content (AvgIpc) is 2.66. The minimum absolute atomic E-state index is 0.319. The van der Waals surface area contributed by atoms with Crippen LogP contribution in [-0.2, 0) is 22.4 Å². The molecule has 4 rings (SSSR count). The summed E-state index contributed by atoms with van der Waals surface area (Å²) in [5, 5.41) is 0. The van der Waals surface area contributed by atoms with E-state index in [2.05, 4.69) is 0 Å². The maximum atomic E-state index is 14.0. The van der Waals surface area contributed by atoms with E-state index in [0.29, 0.717) is 34.0 Å². The van der Waals surface area contributed by atoms with Gasteiger partial charge in [0.05, 0.1) is 24.2 Å². The van der Waals surface area contributed by atoms with Gasteiger partial charge in [0, 0.05) is 11.4 Å². The lowest BCUT2D eigenvalue weighted by atomic mass is 9.80. The normalized spacial score (nSPS) is 18.4. The van der Waals surface area contributed by atoms with Crippen molar-refractivity contribution < 1.29 is 18.7 Å². The van der Waals surface area contributed by atoms with Crippen LogP contribution in [-0.4, -0.2) is 18.1 Å². The number of esters is 1. The number of methoxy groups -OCH3 is 1. The molecule has 1 aliphatic carbocycles. The van der Waals surface area contributed by atoms with Gasteiger partial charge in [0.2, 0.25) is 5.88 Å². The van der Waals surface area contributed by atoms with E-state index in [1.54, 1.807) is 19.1 Å². The van der Waals surface area contributed by atoms with Crippen molar-refractivity contribution in [3.63, 3.8) is 0 Å². The number of carbonyl (C=O) groups excluding carboxylic acids is 1. The van der Waals surface area contributed by atoms with Crippen LogP contribution in [0.3, 0.4) is 0 Å². The van der Waals surface area contributed by atoms with Gasteiger partial charge in [0.25, 0.3) is 0 Å². The van der Waals surface area contributed by atoms with Gasteiger partial charge >= 0.3 is 5.97 Å². The SMILES string of the molecule is COC(=O)C1=C(C)Oc2nc3c(c(N)c2C1c1cccc(F)c1)CCCC3. The zero-order chi connectivity index (χ0) is 19.1. The molecule has 2 aliphatic rings. The zero-order valence-corrected chi connectivity index (χ0v) is 15.3. The summed E-state index contributed by atoms with van der Waals surface area (Å²) in [6.07, 6.45) is 3.80. The first-order chi connectivity index (χ1) is 13.0. The third kappa shape index (κ3) is 2.85. The first-order valence-electron chi connectivity index (χ1n) is 9.04. The summed E-state index contributed by atoms with van der Waals surface area (Å²) in [5.74, 6) is -0.702. The van der Waals surface area contributed by atoms with Crippen LogP contribution in [0.2, 0.25) is 0 Å². The van der Waals surface area contributed by atoms with E-state index in [1.165, 1.54) is 19.2 Å². The first-order valence-corrected chi connectivity index (χ1v) is 9.04. The largest absolute Gasteiger partial charge is 0.466 e. The zero-order valence-electron chi connectivity index (χ0n) is 15.3. The van der Waals surface area contributed by atoms with Crippen LogP contribution in [0.4, 0.5) is 10.1 Å². The van der Waals surface area contributed by atoms with Crippen molar-refractivity contribution in [2.75, 3.05) is 12.8 Å². The number of benzene rings is 1. The highest BCUT2D eigenvalue weighted by atomic mass is 19.1. The number of allylic oxidation sites excluding steroid dienone is 1. The number of nitrogens with zero attached hydrogens (tertiary/aromatic N) is 1. The molecule has 1 unspecified atom stereocenters. The second kappa shape index (κ2) is 6.68. The minimum atomic E-state index is -0.586. The Hall–Kier alpha value is -2.89. The summed E-state index contributed by atoms with van der Waals surface area (Å²) in [6, 6.07) is 6.17. The number of halogens is 1. The first kappa shape index (κ1) is 17.5. The molecule has 0 bridgehead atoms. The molecule has 0 saturated heterocycles. The Balaban J connectivity index is 1.99. The molecule has 1 aromatic carbocycles. The third-order valence-corrected chi connectivity index (χ3v) is 5.31. The van der Waals surface area contributed by atoms with Crippen LogP contribution in [0.15, 0.2) is 35.6 Å². The molecular formula is C21H21FN2O3. The van der Waals surface area contributed by atoms with Crippen molar-refractivity contribution in [2.24, 2.45) is 0 Å². The molecule has 5 nitrogen and oxygen atoms in total.